The molecule has 1 aliphatic heterocycles. The minimum Gasteiger partial charge on any atom is -0.383 e. The van der Waals surface area contributed by atoms with Crippen molar-refractivity contribution in [2.75, 3.05) is 25.6 Å². The van der Waals surface area contributed by atoms with Crippen LogP contribution in [0.2, 0.25) is 0 Å². The second-order valence-corrected chi connectivity index (χ2v) is 4.35. The smallest absolute Gasteiger partial charge is 0.206 e. The van der Waals surface area contributed by atoms with Crippen LogP contribution >= 0.6 is 11.9 Å². The summed E-state index contributed by atoms with van der Waals surface area (Å²) < 4.78 is 8.12. The van der Waals surface area contributed by atoms with Crippen molar-refractivity contribution >= 4 is 23.6 Å². The Morgan fingerprint density at radius 1 is 1.44 bits per heavy atom. The van der Waals surface area contributed by atoms with Crippen LogP contribution in [0.15, 0.2) is 28.1 Å². The zero-order valence-corrected chi connectivity index (χ0v) is 10.2. The number of hydrogen-bond acceptors (Lipinski definition) is 3. The third kappa shape index (κ3) is 2.48. The molecule has 86 valence electrons. The summed E-state index contributed by atoms with van der Waals surface area (Å²) in [6.45, 7) is 3.39. The Hall–Kier alpha value is -1.20. The van der Waals surface area contributed by atoms with E-state index in [4.69, 9.17) is 4.74 Å². The molecule has 0 amide bonds. The van der Waals surface area contributed by atoms with Gasteiger partial charge in [0.2, 0.25) is 5.96 Å². The fourth-order valence-corrected chi connectivity index (χ4v) is 2.24. The third-order valence-electron chi connectivity index (χ3n) is 2.30. The summed E-state index contributed by atoms with van der Waals surface area (Å²) in [5.41, 5.74) is 2.37. The molecule has 1 aliphatic rings. The zero-order valence-electron chi connectivity index (χ0n) is 9.41. The Labute approximate surface area is 99.6 Å². The van der Waals surface area contributed by atoms with Gasteiger partial charge >= 0.3 is 0 Å². The van der Waals surface area contributed by atoms with Gasteiger partial charge in [-0.2, -0.15) is 0 Å². The van der Waals surface area contributed by atoms with E-state index in [0.717, 1.165) is 11.6 Å². The van der Waals surface area contributed by atoms with E-state index in [1.54, 1.807) is 19.1 Å². The number of rotatable bonds is 3. The molecule has 1 heterocycles. The number of aliphatic imine (C=N–C) groups is 1. The van der Waals surface area contributed by atoms with Crippen molar-refractivity contribution in [1.29, 1.82) is 0 Å². The number of anilines is 1. The standard InChI is InChI=1S/C11H15N3OS/c1-8-4-3-5-9-10(8)13-11(14-16-9)12-6-7-15-2/h3-5H,6-7H2,1-2H3,(H2,12,13,14). The van der Waals surface area contributed by atoms with Gasteiger partial charge in [0.05, 0.1) is 23.7 Å². The third-order valence-corrected chi connectivity index (χ3v) is 3.16. The first-order valence-electron chi connectivity index (χ1n) is 5.14. The molecule has 2 N–H and O–H groups in total. The highest BCUT2D eigenvalue weighted by Crippen LogP contribution is 2.31. The molecule has 0 radical (unpaired) electrons. The molecule has 0 aliphatic carbocycles. The van der Waals surface area contributed by atoms with Crippen LogP contribution in [-0.4, -0.2) is 26.2 Å². The molecule has 1 aromatic rings. The number of hydrogen-bond donors (Lipinski definition) is 2. The van der Waals surface area contributed by atoms with Crippen molar-refractivity contribution in [2.24, 2.45) is 4.99 Å². The number of aryl methyl sites for hydroxylation is 1. The van der Waals surface area contributed by atoms with Crippen molar-refractivity contribution in [3.05, 3.63) is 23.8 Å². The Bertz CT molecular complexity index is 406. The number of nitrogens with zero attached hydrogens (tertiary/aromatic N) is 1. The lowest BCUT2D eigenvalue weighted by Gasteiger charge is -2.21. The number of nitrogens with one attached hydrogen (secondary N) is 2. The molecule has 0 atom stereocenters. The molecule has 4 nitrogen and oxygen atoms in total. The molecule has 16 heavy (non-hydrogen) atoms. The first-order chi connectivity index (χ1) is 7.81. The van der Waals surface area contributed by atoms with Crippen molar-refractivity contribution in [1.82, 2.24) is 4.72 Å². The normalized spacial score (nSPS) is 16.5. The summed E-state index contributed by atoms with van der Waals surface area (Å²) in [6.07, 6.45) is 0. The van der Waals surface area contributed by atoms with Crippen LogP contribution in [0.25, 0.3) is 0 Å². The van der Waals surface area contributed by atoms with Crippen LogP contribution < -0.4 is 10.0 Å². The lowest BCUT2D eigenvalue weighted by Crippen LogP contribution is -2.30. The second kappa shape index (κ2) is 5.23. The summed E-state index contributed by atoms with van der Waals surface area (Å²) in [7, 11) is 1.68. The molecule has 0 fully saturated rings. The fraction of sp³-hybridized carbons (Fsp3) is 0.364. The largest absolute Gasteiger partial charge is 0.383 e. The lowest BCUT2D eigenvalue weighted by atomic mass is 10.2. The van der Waals surface area contributed by atoms with E-state index in [1.807, 2.05) is 0 Å². The van der Waals surface area contributed by atoms with E-state index in [-0.39, 0.29) is 0 Å². The summed E-state index contributed by atoms with van der Waals surface area (Å²) in [4.78, 5) is 5.56. The maximum Gasteiger partial charge on any atom is 0.206 e. The van der Waals surface area contributed by atoms with Crippen molar-refractivity contribution in [3.63, 3.8) is 0 Å². The quantitative estimate of drug-likeness (QED) is 0.623. The molecule has 0 aromatic heterocycles. The average Bonchev–Trinajstić information content (AvgIpc) is 2.30. The van der Waals surface area contributed by atoms with Gasteiger partial charge in [-0.15, -0.1) is 0 Å². The summed E-state index contributed by atoms with van der Waals surface area (Å²) in [5, 5.41) is 3.29. The minimum atomic E-state index is 0.637. The Kier molecular flexibility index (Phi) is 3.69. The second-order valence-electron chi connectivity index (χ2n) is 3.50. The summed E-state index contributed by atoms with van der Waals surface area (Å²) in [6, 6.07) is 6.22. The number of ether oxygens (including phenoxy) is 1. The van der Waals surface area contributed by atoms with Crippen molar-refractivity contribution in [3.8, 4) is 0 Å². The van der Waals surface area contributed by atoms with Crippen LogP contribution in [0.1, 0.15) is 5.56 Å². The van der Waals surface area contributed by atoms with Gasteiger partial charge in [0, 0.05) is 7.11 Å². The van der Waals surface area contributed by atoms with E-state index >= 15 is 0 Å². The van der Waals surface area contributed by atoms with E-state index < -0.39 is 0 Å². The van der Waals surface area contributed by atoms with Gasteiger partial charge in [-0.05, 0) is 30.5 Å². The van der Waals surface area contributed by atoms with Gasteiger partial charge in [-0.25, -0.2) is 4.99 Å². The first kappa shape index (κ1) is 11.3. The number of fused-ring (bicyclic) bond motifs is 1. The van der Waals surface area contributed by atoms with E-state index in [2.05, 4.69) is 40.2 Å². The van der Waals surface area contributed by atoms with Crippen LogP contribution in [0, 0.1) is 6.92 Å². The van der Waals surface area contributed by atoms with Crippen molar-refractivity contribution in [2.45, 2.75) is 11.8 Å². The van der Waals surface area contributed by atoms with Crippen LogP contribution in [0.4, 0.5) is 5.69 Å². The monoisotopic (exact) mass is 237 g/mol. The maximum absolute atomic E-state index is 4.96. The average molecular weight is 237 g/mol. The SMILES string of the molecule is COCCN=C1NSc2cccc(C)c2N1. The van der Waals surface area contributed by atoms with Gasteiger partial charge in [-0.3, -0.25) is 4.72 Å². The molecule has 0 bridgehead atoms. The van der Waals surface area contributed by atoms with Gasteiger partial charge in [0.1, 0.15) is 0 Å². The molecular formula is C11H15N3OS. The Morgan fingerprint density at radius 3 is 3.12 bits per heavy atom. The Balaban J connectivity index is 2.11. The summed E-state index contributed by atoms with van der Waals surface area (Å²) in [5.74, 6) is 0.795. The van der Waals surface area contributed by atoms with E-state index in [9.17, 15) is 0 Å². The molecule has 0 saturated carbocycles. The fourth-order valence-electron chi connectivity index (χ4n) is 1.45. The number of benzene rings is 1. The molecule has 2 rings (SSSR count). The lowest BCUT2D eigenvalue weighted by molar-refractivity contribution is 0.208. The first-order valence-corrected chi connectivity index (χ1v) is 5.96. The predicted molar refractivity (Wildman–Crippen MR) is 68.0 cm³/mol. The molecule has 5 heteroatoms. The van der Waals surface area contributed by atoms with Gasteiger partial charge in [-0.1, -0.05) is 12.1 Å². The minimum absolute atomic E-state index is 0.637. The molecule has 1 aromatic carbocycles. The highest BCUT2D eigenvalue weighted by Gasteiger charge is 2.14. The van der Waals surface area contributed by atoms with Gasteiger partial charge in [0.15, 0.2) is 0 Å². The van der Waals surface area contributed by atoms with E-state index in [1.165, 1.54) is 10.5 Å². The number of guanidine groups is 1. The predicted octanol–water partition coefficient (Wildman–Crippen LogP) is 2.02. The molecule has 0 saturated heterocycles. The molecular weight excluding hydrogens is 222 g/mol. The molecule has 0 spiro atoms. The number of para-hydroxylation sites is 1. The Morgan fingerprint density at radius 2 is 2.31 bits per heavy atom. The van der Waals surface area contributed by atoms with Crippen molar-refractivity contribution < 1.29 is 4.74 Å². The number of methoxy groups -OCH3 is 1. The highest BCUT2D eigenvalue weighted by molar-refractivity contribution is 7.98. The van der Waals surface area contributed by atoms with Crippen LogP contribution in [0.3, 0.4) is 0 Å². The van der Waals surface area contributed by atoms with Gasteiger partial charge < -0.3 is 10.1 Å². The topological polar surface area (TPSA) is 45.6 Å². The van der Waals surface area contributed by atoms with E-state index in [0.29, 0.717) is 13.2 Å². The van der Waals surface area contributed by atoms with Crippen LogP contribution in [0.5, 0.6) is 0 Å². The maximum atomic E-state index is 4.96. The molecule has 0 unspecified atom stereocenters. The zero-order chi connectivity index (χ0) is 11.4. The summed E-state index contributed by atoms with van der Waals surface area (Å²) >= 11 is 1.58. The van der Waals surface area contributed by atoms with Gasteiger partial charge in [0.25, 0.3) is 0 Å². The van der Waals surface area contributed by atoms with Crippen LogP contribution in [-0.2, 0) is 4.74 Å². The highest BCUT2D eigenvalue weighted by atomic mass is 32.2.